The Labute approximate surface area is 79.6 Å². The standard InChI is InChI=1S/C11H18O2/c1-9(2)5-11(7-12)6-10-3-4-13-8-10/h3-4,8-9,11-12H,5-7H2,1-2H3. The van der Waals surface area contributed by atoms with Gasteiger partial charge in [-0.25, -0.2) is 0 Å². The first-order valence-corrected chi connectivity index (χ1v) is 4.84. The maximum atomic E-state index is 9.14. The van der Waals surface area contributed by atoms with Crippen LogP contribution in [0.25, 0.3) is 0 Å². The van der Waals surface area contributed by atoms with Crippen molar-refractivity contribution >= 4 is 0 Å². The van der Waals surface area contributed by atoms with Gasteiger partial charge in [-0.05, 0) is 36.3 Å². The first-order chi connectivity index (χ1) is 6.22. The van der Waals surface area contributed by atoms with E-state index in [9.17, 15) is 0 Å². The van der Waals surface area contributed by atoms with E-state index in [1.165, 1.54) is 5.56 Å². The molecule has 1 atom stereocenters. The fourth-order valence-electron chi connectivity index (χ4n) is 1.63. The van der Waals surface area contributed by atoms with Crippen LogP contribution in [0.15, 0.2) is 23.0 Å². The zero-order chi connectivity index (χ0) is 9.68. The lowest BCUT2D eigenvalue weighted by Gasteiger charge is -2.14. The number of hydrogen-bond donors (Lipinski definition) is 1. The van der Waals surface area contributed by atoms with Crippen LogP contribution in [0.5, 0.6) is 0 Å². The van der Waals surface area contributed by atoms with E-state index in [1.807, 2.05) is 6.07 Å². The molecule has 1 rings (SSSR count). The average Bonchev–Trinajstić information content (AvgIpc) is 2.55. The van der Waals surface area contributed by atoms with Crippen molar-refractivity contribution in [3.8, 4) is 0 Å². The maximum Gasteiger partial charge on any atom is 0.0934 e. The molecule has 0 radical (unpaired) electrons. The van der Waals surface area contributed by atoms with Gasteiger partial charge in [0, 0.05) is 6.61 Å². The molecule has 1 aromatic heterocycles. The van der Waals surface area contributed by atoms with Crippen molar-refractivity contribution < 1.29 is 9.52 Å². The predicted octanol–water partition coefficient (Wildman–Crippen LogP) is 2.48. The highest BCUT2D eigenvalue weighted by atomic mass is 16.3. The summed E-state index contributed by atoms with van der Waals surface area (Å²) in [7, 11) is 0. The Morgan fingerprint density at radius 2 is 2.23 bits per heavy atom. The van der Waals surface area contributed by atoms with Crippen molar-refractivity contribution in [3.63, 3.8) is 0 Å². The maximum absolute atomic E-state index is 9.14. The van der Waals surface area contributed by atoms with Crippen LogP contribution in [0.1, 0.15) is 25.8 Å². The molecule has 0 amide bonds. The second-order valence-corrected chi connectivity index (χ2v) is 4.01. The summed E-state index contributed by atoms with van der Waals surface area (Å²) in [6, 6.07) is 1.96. The van der Waals surface area contributed by atoms with Crippen LogP contribution in [0.3, 0.4) is 0 Å². The first-order valence-electron chi connectivity index (χ1n) is 4.84. The number of aliphatic hydroxyl groups excluding tert-OH is 1. The molecule has 74 valence electrons. The molecule has 2 heteroatoms. The quantitative estimate of drug-likeness (QED) is 0.759. The van der Waals surface area contributed by atoms with Crippen LogP contribution < -0.4 is 0 Å². The highest BCUT2D eigenvalue weighted by Crippen LogP contribution is 2.16. The monoisotopic (exact) mass is 182 g/mol. The van der Waals surface area contributed by atoms with E-state index in [-0.39, 0.29) is 6.61 Å². The Bertz CT molecular complexity index is 214. The molecule has 0 aliphatic heterocycles. The van der Waals surface area contributed by atoms with Gasteiger partial charge < -0.3 is 9.52 Å². The molecule has 13 heavy (non-hydrogen) atoms. The van der Waals surface area contributed by atoms with Gasteiger partial charge in [-0.15, -0.1) is 0 Å². The van der Waals surface area contributed by atoms with Crippen LogP contribution in [0, 0.1) is 11.8 Å². The van der Waals surface area contributed by atoms with E-state index in [0.717, 1.165) is 12.8 Å². The van der Waals surface area contributed by atoms with Gasteiger partial charge in [0.05, 0.1) is 12.5 Å². The number of aliphatic hydroxyl groups is 1. The molecule has 0 aromatic carbocycles. The highest BCUT2D eigenvalue weighted by Gasteiger charge is 2.10. The summed E-state index contributed by atoms with van der Waals surface area (Å²) in [6.45, 7) is 4.62. The Balaban J connectivity index is 2.40. The molecule has 0 aliphatic carbocycles. The number of furan rings is 1. The van der Waals surface area contributed by atoms with Crippen molar-refractivity contribution in [1.82, 2.24) is 0 Å². The predicted molar refractivity (Wildman–Crippen MR) is 52.4 cm³/mol. The molecule has 1 heterocycles. The minimum atomic E-state index is 0.267. The first kappa shape index (κ1) is 10.3. The van der Waals surface area contributed by atoms with Crippen LogP contribution in [-0.4, -0.2) is 11.7 Å². The lowest BCUT2D eigenvalue weighted by atomic mass is 9.93. The second-order valence-electron chi connectivity index (χ2n) is 4.01. The third-order valence-corrected chi connectivity index (χ3v) is 2.17. The van der Waals surface area contributed by atoms with Gasteiger partial charge in [0.1, 0.15) is 0 Å². The molecule has 2 nitrogen and oxygen atoms in total. The normalized spacial score (nSPS) is 13.5. The minimum Gasteiger partial charge on any atom is -0.472 e. The van der Waals surface area contributed by atoms with Crippen LogP contribution in [-0.2, 0) is 6.42 Å². The minimum absolute atomic E-state index is 0.267. The lowest BCUT2D eigenvalue weighted by Crippen LogP contribution is -2.12. The van der Waals surface area contributed by atoms with E-state index in [1.54, 1.807) is 12.5 Å². The van der Waals surface area contributed by atoms with Crippen LogP contribution in [0.2, 0.25) is 0 Å². The summed E-state index contributed by atoms with van der Waals surface area (Å²) in [5.41, 5.74) is 1.18. The summed E-state index contributed by atoms with van der Waals surface area (Å²) in [6.07, 6.45) is 5.43. The van der Waals surface area contributed by atoms with Gasteiger partial charge in [0.25, 0.3) is 0 Å². The third kappa shape index (κ3) is 3.64. The largest absolute Gasteiger partial charge is 0.472 e. The van der Waals surface area contributed by atoms with Crippen LogP contribution >= 0.6 is 0 Å². The van der Waals surface area contributed by atoms with Gasteiger partial charge in [0.2, 0.25) is 0 Å². The summed E-state index contributed by atoms with van der Waals surface area (Å²) >= 11 is 0. The third-order valence-electron chi connectivity index (χ3n) is 2.17. The summed E-state index contributed by atoms with van der Waals surface area (Å²) < 4.78 is 4.98. The van der Waals surface area contributed by atoms with Gasteiger partial charge in [-0.1, -0.05) is 13.8 Å². The van der Waals surface area contributed by atoms with Crippen molar-refractivity contribution in [2.45, 2.75) is 26.7 Å². The average molecular weight is 182 g/mol. The SMILES string of the molecule is CC(C)CC(CO)Cc1ccoc1. The molecular formula is C11H18O2. The van der Waals surface area contributed by atoms with E-state index in [4.69, 9.17) is 9.52 Å². The zero-order valence-electron chi connectivity index (χ0n) is 8.36. The molecule has 0 aliphatic rings. The molecular weight excluding hydrogens is 164 g/mol. The van der Waals surface area contributed by atoms with Gasteiger partial charge in [-0.3, -0.25) is 0 Å². The smallest absolute Gasteiger partial charge is 0.0934 e. The summed E-state index contributed by atoms with van der Waals surface area (Å²) in [5.74, 6) is 1.02. The molecule has 1 N–H and O–H groups in total. The Morgan fingerprint density at radius 1 is 1.46 bits per heavy atom. The lowest BCUT2D eigenvalue weighted by molar-refractivity contribution is 0.205. The topological polar surface area (TPSA) is 33.4 Å². The fourth-order valence-corrected chi connectivity index (χ4v) is 1.63. The van der Waals surface area contributed by atoms with Crippen molar-refractivity contribution in [1.29, 1.82) is 0 Å². The molecule has 0 spiro atoms. The molecule has 0 fully saturated rings. The van der Waals surface area contributed by atoms with E-state index >= 15 is 0 Å². The van der Waals surface area contributed by atoms with E-state index in [2.05, 4.69) is 13.8 Å². The highest BCUT2D eigenvalue weighted by molar-refractivity contribution is 5.06. The fraction of sp³-hybridized carbons (Fsp3) is 0.636. The van der Waals surface area contributed by atoms with E-state index in [0.29, 0.717) is 11.8 Å². The van der Waals surface area contributed by atoms with Crippen molar-refractivity contribution in [3.05, 3.63) is 24.2 Å². The molecule has 0 bridgehead atoms. The van der Waals surface area contributed by atoms with Gasteiger partial charge in [-0.2, -0.15) is 0 Å². The van der Waals surface area contributed by atoms with E-state index < -0.39 is 0 Å². The van der Waals surface area contributed by atoms with Gasteiger partial charge in [0.15, 0.2) is 0 Å². The van der Waals surface area contributed by atoms with Gasteiger partial charge >= 0.3 is 0 Å². The number of hydrogen-bond acceptors (Lipinski definition) is 2. The molecule has 1 aromatic rings. The molecule has 0 saturated heterocycles. The molecule has 0 saturated carbocycles. The van der Waals surface area contributed by atoms with Crippen LogP contribution in [0.4, 0.5) is 0 Å². The van der Waals surface area contributed by atoms with Crippen molar-refractivity contribution in [2.24, 2.45) is 11.8 Å². The summed E-state index contributed by atoms with van der Waals surface area (Å²) in [4.78, 5) is 0. The zero-order valence-corrected chi connectivity index (χ0v) is 8.36. The van der Waals surface area contributed by atoms with Crippen molar-refractivity contribution in [2.75, 3.05) is 6.61 Å². The Kier molecular flexibility index (Phi) is 4.03. The Hall–Kier alpha value is -0.760. The molecule has 1 unspecified atom stereocenters. The Morgan fingerprint density at radius 3 is 2.69 bits per heavy atom. The number of rotatable bonds is 5. The summed E-state index contributed by atoms with van der Waals surface area (Å²) in [5, 5.41) is 9.14. The second kappa shape index (κ2) is 5.07.